The van der Waals surface area contributed by atoms with Crippen molar-refractivity contribution in [1.29, 1.82) is 0 Å². The van der Waals surface area contributed by atoms with Gasteiger partial charge in [0.25, 0.3) is 0 Å². The van der Waals surface area contributed by atoms with Crippen molar-refractivity contribution in [2.24, 2.45) is 0 Å². The van der Waals surface area contributed by atoms with E-state index in [4.69, 9.17) is 4.74 Å². The lowest BCUT2D eigenvalue weighted by Gasteiger charge is -2.29. The summed E-state index contributed by atoms with van der Waals surface area (Å²) in [4.78, 5) is 20.2. The number of thioether (sulfide) groups is 1. The van der Waals surface area contributed by atoms with Crippen molar-refractivity contribution in [3.05, 3.63) is 54.5 Å². The van der Waals surface area contributed by atoms with Gasteiger partial charge in [0.2, 0.25) is 11.8 Å². The molecule has 3 rings (SSSR count). The summed E-state index contributed by atoms with van der Waals surface area (Å²) in [6.45, 7) is 0. The molecule has 1 N–H and O–H groups in total. The zero-order valence-electron chi connectivity index (χ0n) is 14.1. The molecule has 2 aromatic rings. The lowest BCUT2D eigenvalue weighted by molar-refractivity contribution is -0.119. The summed E-state index contributed by atoms with van der Waals surface area (Å²) in [6, 6.07) is 10.5. The highest BCUT2D eigenvalue weighted by Gasteiger charge is 2.23. The Labute approximate surface area is 152 Å². The number of rotatable bonds is 7. The quantitative estimate of drug-likeness (QED) is 0.824. The maximum absolute atomic E-state index is 12.1. The molecule has 6 heteroatoms. The summed E-state index contributed by atoms with van der Waals surface area (Å²) < 4.78 is 5.83. The second-order valence-corrected chi connectivity index (χ2v) is 7.17. The fourth-order valence-corrected chi connectivity index (χ4v) is 3.75. The van der Waals surface area contributed by atoms with Crippen LogP contribution in [0.15, 0.2) is 48.9 Å². The van der Waals surface area contributed by atoms with E-state index in [-0.39, 0.29) is 18.1 Å². The number of aromatic nitrogens is 2. The highest BCUT2D eigenvalue weighted by Crippen LogP contribution is 2.22. The molecule has 0 spiro atoms. The zero-order chi connectivity index (χ0) is 17.3. The van der Waals surface area contributed by atoms with Gasteiger partial charge >= 0.3 is 0 Å². The lowest BCUT2D eigenvalue weighted by atomic mass is 9.93. The molecular weight excluding hydrogens is 334 g/mol. The number of carbonyl (C=O) groups excluding carboxylic acids is 1. The number of benzene rings is 1. The molecule has 1 aliphatic carbocycles. The molecular formula is C19H23N3O2S. The number of nitrogens with one attached hydrogen (secondary N) is 1. The second kappa shape index (κ2) is 9.42. The summed E-state index contributed by atoms with van der Waals surface area (Å²) in [5.74, 6) is 2.07. The maximum Gasteiger partial charge on any atom is 0.232 e. The van der Waals surface area contributed by atoms with Gasteiger partial charge in [-0.2, -0.15) is 0 Å². The minimum absolute atomic E-state index is 0.124. The topological polar surface area (TPSA) is 64.1 Å². The van der Waals surface area contributed by atoms with E-state index >= 15 is 0 Å². The van der Waals surface area contributed by atoms with Crippen LogP contribution in [0.2, 0.25) is 0 Å². The van der Waals surface area contributed by atoms with E-state index in [1.165, 1.54) is 5.56 Å². The van der Waals surface area contributed by atoms with Gasteiger partial charge in [0.05, 0.1) is 11.9 Å². The fourth-order valence-electron chi connectivity index (χ4n) is 2.95. The first-order valence-electron chi connectivity index (χ1n) is 8.63. The van der Waals surface area contributed by atoms with Crippen molar-refractivity contribution in [3.63, 3.8) is 0 Å². The molecule has 1 amide bonds. The predicted octanol–water partition coefficient (Wildman–Crippen LogP) is 3.22. The predicted molar refractivity (Wildman–Crippen MR) is 99.5 cm³/mol. The molecule has 132 valence electrons. The second-order valence-electron chi connectivity index (χ2n) is 6.18. The standard InChI is InChI=1S/C19H23N3O2S/c23-18(14-25-13-15-4-2-1-3-5-15)22-16-6-8-17(9-7-16)24-19-12-20-10-11-21-19/h1-5,10-12,16-17H,6-9,13-14H2,(H,22,23). The van der Waals surface area contributed by atoms with Crippen molar-refractivity contribution < 1.29 is 9.53 Å². The molecule has 1 saturated carbocycles. The highest BCUT2D eigenvalue weighted by molar-refractivity contribution is 7.99. The number of hydrogen-bond donors (Lipinski definition) is 1. The molecule has 5 nitrogen and oxygen atoms in total. The first-order valence-corrected chi connectivity index (χ1v) is 9.79. The van der Waals surface area contributed by atoms with Gasteiger partial charge in [-0.05, 0) is 31.2 Å². The van der Waals surface area contributed by atoms with Crippen LogP contribution in [0, 0.1) is 0 Å². The van der Waals surface area contributed by atoms with Gasteiger partial charge < -0.3 is 10.1 Å². The highest BCUT2D eigenvalue weighted by atomic mass is 32.2. The first-order chi connectivity index (χ1) is 12.3. The van der Waals surface area contributed by atoms with Crippen LogP contribution >= 0.6 is 11.8 Å². The third-order valence-electron chi connectivity index (χ3n) is 4.21. The van der Waals surface area contributed by atoms with Crippen molar-refractivity contribution in [3.8, 4) is 5.88 Å². The van der Waals surface area contributed by atoms with Crippen molar-refractivity contribution in [2.45, 2.75) is 43.6 Å². The Hall–Kier alpha value is -2.08. The van der Waals surface area contributed by atoms with Gasteiger partial charge in [-0.1, -0.05) is 30.3 Å². The fraction of sp³-hybridized carbons (Fsp3) is 0.421. The molecule has 0 unspecified atom stereocenters. The SMILES string of the molecule is O=C(CSCc1ccccc1)NC1CCC(Oc2cnccn2)CC1. The first kappa shape index (κ1) is 17.7. The monoisotopic (exact) mass is 357 g/mol. The van der Waals surface area contributed by atoms with E-state index in [9.17, 15) is 4.79 Å². The van der Waals surface area contributed by atoms with Gasteiger partial charge in [0.1, 0.15) is 6.10 Å². The molecule has 0 atom stereocenters. The number of amides is 1. The Balaban J connectivity index is 1.32. The Bertz CT molecular complexity index is 646. The Morgan fingerprint density at radius 3 is 2.68 bits per heavy atom. The van der Waals surface area contributed by atoms with Crippen LogP contribution in [0.4, 0.5) is 0 Å². The normalized spacial score (nSPS) is 20.0. The molecule has 0 aliphatic heterocycles. The molecule has 0 radical (unpaired) electrons. The van der Waals surface area contributed by atoms with Gasteiger partial charge in [-0.25, -0.2) is 4.98 Å². The Morgan fingerprint density at radius 1 is 1.16 bits per heavy atom. The van der Waals surface area contributed by atoms with Gasteiger partial charge in [0.15, 0.2) is 0 Å². The number of nitrogens with zero attached hydrogens (tertiary/aromatic N) is 2. The minimum Gasteiger partial charge on any atom is -0.473 e. The van der Waals surface area contributed by atoms with Crippen LogP contribution in [0.25, 0.3) is 0 Å². The number of hydrogen-bond acceptors (Lipinski definition) is 5. The molecule has 0 saturated heterocycles. The Morgan fingerprint density at radius 2 is 1.96 bits per heavy atom. The summed E-state index contributed by atoms with van der Waals surface area (Å²) in [5.41, 5.74) is 1.25. The minimum atomic E-state index is 0.124. The third kappa shape index (κ3) is 6.05. The summed E-state index contributed by atoms with van der Waals surface area (Å²) >= 11 is 1.65. The molecule has 1 aliphatic rings. The number of ether oxygens (including phenoxy) is 1. The van der Waals surface area contributed by atoms with Crippen LogP contribution in [-0.4, -0.2) is 33.8 Å². The molecule has 25 heavy (non-hydrogen) atoms. The molecule has 0 bridgehead atoms. The van der Waals surface area contributed by atoms with Crippen LogP contribution in [0.5, 0.6) is 5.88 Å². The van der Waals surface area contributed by atoms with Crippen LogP contribution in [-0.2, 0) is 10.5 Å². The number of carbonyl (C=O) groups is 1. The van der Waals surface area contributed by atoms with E-state index in [0.29, 0.717) is 11.6 Å². The summed E-state index contributed by atoms with van der Waals surface area (Å²) in [6.07, 6.45) is 8.82. The van der Waals surface area contributed by atoms with Gasteiger partial charge in [-0.15, -0.1) is 11.8 Å². The van der Waals surface area contributed by atoms with E-state index in [1.54, 1.807) is 30.4 Å². The van der Waals surface area contributed by atoms with E-state index in [2.05, 4.69) is 27.4 Å². The van der Waals surface area contributed by atoms with Gasteiger partial charge in [0, 0.05) is 24.2 Å². The van der Waals surface area contributed by atoms with E-state index in [1.807, 2.05) is 18.2 Å². The van der Waals surface area contributed by atoms with Crippen molar-refractivity contribution >= 4 is 17.7 Å². The third-order valence-corrected chi connectivity index (χ3v) is 5.21. The zero-order valence-corrected chi connectivity index (χ0v) is 15.0. The molecule has 1 heterocycles. The van der Waals surface area contributed by atoms with Crippen molar-refractivity contribution in [1.82, 2.24) is 15.3 Å². The maximum atomic E-state index is 12.1. The van der Waals surface area contributed by atoms with Crippen LogP contribution in [0.3, 0.4) is 0 Å². The lowest BCUT2D eigenvalue weighted by Crippen LogP contribution is -2.40. The molecule has 1 aromatic heterocycles. The Kier molecular flexibility index (Phi) is 6.68. The largest absolute Gasteiger partial charge is 0.473 e. The van der Waals surface area contributed by atoms with E-state index < -0.39 is 0 Å². The van der Waals surface area contributed by atoms with Crippen molar-refractivity contribution in [2.75, 3.05) is 5.75 Å². The molecule has 1 aromatic carbocycles. The molecule has 1 fully saturated rings. The van der Waals surface area contributed by atoms with Gasteiger partial charge in [-0.3, -0.25) is 9.78 Å². The van der Waals surface area contributed by atoms with Crippen LogP contribution in [0.1, 0.15) is 31.2 Å². The summed E-state index contributed by atoms with van der Waals surface area (Å²) in [7, 11) is 0. The average Bonchev–Trinajstić information content (AvgIpc) is 2.65. The average molecular weight is 357 g/mol. The summed E-state index contributed by atoms with van der Waals surface area (Å²) in [5, 5.41) is 3.15. The van der Waals surface area contributed by atoms with E-state index in [0.717, 1.165) is 31.4 Å². The smallest absolute Gasteiger partial charge is 0.232 e. The van der Waals surface area contributed by atoms with Crippen LogP contribution < -0.4 is 10.1 Å².